The molecule has 0 amide bonds. The highest BCUT2D eigenvalue weighted by molar-refractivity contribution is 8.14. The molecule has 1 saturated heterocycles. The van der Waals surface area contributed by atoms with Gasteiger partial charge in [-0.15, -0.1) is 0 Å². The maximum Gasteiger partial charge on any atom is 0.271 e. The van der Waals surface area contributed by atoms with E-state index >= 15 is 0 Å². The molecular weight excluding hydrogens is 378 g/mol. The van der Waals surface area contributed by atoms with Crippen LogP contribution in [0.15, 0.2) is 28.0 Å². The van der Waals surface area contributed by atoms with Gasteiger partial charge in [0.2, 0.25) is 6.79 Å². The van der Waals surface area contributed by atoms with Crippen LogP contribution in [0, 0.1) is 0 Å². The summed E-state index contributed by atoms with van der Waals surface area (Å²) in [5.41, 5.74) is 1.43. The van der Waals surface area contributed by atoms with Crippen LogP contribution in [0.25, 0.3) is 0 Å². The fourth-order valence-corrected chi connectivity index (χ4v) is 5.30. The largest absolute Gasteiger partial charge is 0.454 e. The van der Waals surface area contributed by atoms with E-state index in [-0.39, 0.29) is 29.2 Å². The first-order chi connectivity index (χ1) is 13.4. The molecule has 7 nitrogen and oxygen atoms in total. The van der Waals surface area contributed by atoms with Crippen molar-refractivity contribution in [2.45, 2.75) is 50.5 Å². The van der Waals surface area contributed by atoms with Crippen molar-refractivity contribution in [2.75, 3.05) is 13.4 Å². The van der Waals surface area contributed by atoms with Gasteiger partial charge in [0.25, 0.3) is 5.56 Å². The molecular formula is C20H23N3O4S. The van der Waals surface area contributed by atoms with E-state index in [9.17, 15) is 4.79 Å². The number of H-pyrrole nitrogens is 1. The van der Waals surface area contributed by atoms with Crippen molar-refractivity contribution in [3.63, 3.8) is 0 Å². The van der Waals surface area contributed by atoms with Crippen LogP contribution in [-0.4, -0.2) is 33.8 Å². The number of fused-ring (bicyclic) bond motifs is 2. The summed E-state index contributed by atoms with van der Waals surface area (Å²) in [6.45, 7) is 7.08. The Bertz CT molecular complexity index is 1020. The molecule has 5 rings (SSSR count). The molecule has 3 aliphatic rings. The summed E-state index contributed by atoms with van der Waals surface area (Å²) in [6.07, 6.45) is 1.69. The molecule has 1 fully saturated rings. The zero-order valence-corrected chi connectivity index (χ0v) is 17.0. The standard InChI is InChI=1S/C20H23N3O4S/c1-11-21-18-16(17(28-11)12-4-5-14-15(8-12)26-10-25-14)19(24)22-23(18)13-6-7-27-20(2,3)9-13/h4-5,8,13,17H,6-7,9-10H2,1-3H3,(H,22,24)/t13-,17-/m0/s1. The predicted molar refractivity (Wildman–Crippen MR) is 108 cm³/mol. The van der Waals surface area contributed by atoms with Crippen molar-refractivity contribution in [3.05, 3.63) is 39.7 Å². The summed E-state index contributed by atoms with van der Waals surface area (Å²) in [6, 6.07) is 6.04. The molecule has 3 aliphatic heterocycles. The van der Waals surface area contributed by atoms with Gasteiger partial charge in [-0.2, -0.15) is 0 Å². The lowest BCUT2D eigenvalue weighted by Crippen LogP contribution is -2.35. The van der Waals surface area contributed by atoms with Crippen LogP contribution in [0.3, 0.4) is 0 Å². The van der Waals surface area contributed by atoms with E-state index in [1.807, 2.05) is 29.8 Å². The van der Waals surface area contributed by atoms with Crippen LogP contribution >= 0.6 is 11.8 Å². The Balaban J connectivity index is 1.58. The Hall–Kier alpha value is -2.19. The molecule has 28 heavy (non-hydrogen) atoms. The molecule has 1 aromatic heterocycles. The molecule has 4 heterocycles. The van der Waals surface area contributed by atoms with Gasteiger partial charge >= 0.3 is 0 Å². The van der Waals surface area contributed by atoms with E-state index < -0.39 is 0 Å². The monoisotopic (exact) mass is 401 g/mol. The lowest BCUT2D eigenvalue weighted by atomic mass is 9.94. The molecule has 0 radical (unpaired) electrons. The van der Waals surface area contributed by atoms with Gasteiger partial charge in [0, 0.05) is 6.61 Å². The van der Waals surface area contributed by atoms with Crippen LogP contribution in [-0.2, 0) is 4.74 Å². The third kappa shape index (κ3) is 2.95. The van der Waals surface area contributed by atoms with Crippen LogP contribution in [0.4, 0.5) is 5.82 Å². The Morgan fingerprint density at radius 2 is 2.11 bits per heavy atom. The summed E-state index contributed by atoms with van der Waals surface area (Å²) in [4.78, 5) is 17.7. The molecule has 0 aliphatic carbocycles. The fraction of sp³-hybridized carbons (Fsp3) is 0.500. The summed E-state index contributed by atoms with van der Waals surface area (Å²) in [7, 11) is 0. The molecule has 1 N–H and O–H groups in total. The smallest absolute Gasteiger partial charge is 0.271 e. The van der Waals surface area contributed by atoms with Crippen LogP contribution in [0.2, 0.25) is 0 Å². The number of nitrogens with one attached hydrogen (secondary N) is 1. The minimum absolute atomic E-state index is 0.0780. The summed E-state index contributed by atoms with van der Waals surface area (Å²) < 4.78 is 18.8. The zero-order chi connectivity index (χ0) is 19.5. The molecule has 0 saturated carbocycles. The second kappa shape index (κ2) is 6.42. The van der Waals surface area contributed by atoms with Gasteiger partial charge in [0.1, 0.15) is 0 Å². The number of rotatable bonds is 2. The van der Waals surface area contributed by atoms with E-state index in [0.29, 0.717) is 12.2 Å². The average Bonchev–Trinajstić information content (AvgIpc) is 3.24. The first-order valence-corrected chi connectivity index (χ1v) is 10.4. The van der Waals surface area contributed by atoms with Gasteiger partial charge in [-0.3, -0.25) is 14.6 Å². The van der Waals surface area contributed by atoms with Gasteiger partial charge in [-0.05, 0) is 51.3 Å². The summed E-state index contributed by atoms with van der Waals surface area (Å²) >= 11 is 1.60. The number of aromatic amines is 1. The highest BCUT2D eigenvalue weighted by atomic mass is 32.2. The first kappa shape index (κ1) is 17.9. The van der Waals surface area contributed by atoms with Crippen molar-refractivity contribution in [3.8, 4) is 11.5 Å². The highest BCUT2D eigenvalue weighted by Crippen LogP contribution is 2.47. The molecule has 0 unspecified atom stereocenters. The number of aliphatic imine (C=N–C) groups is 1. The number of nitrogens with zero attached hydrogens (tertiary/aromatic N) is 2. The van der Waals surface area contributed by atoms with E-state index in [2.05, 4.69) is 18.9 Å². The number of aromatic nitrogens is 2. The number of hydrogen-bond donors (Lipinski definition) is 1. The zero-order valence-electron chi connectivity index (χ0n) is 16.2. The second-order valence-corrected chi connectivity index (χ2v) is 9.34. The third-order valence-corrected chi connectivity index (χ3v) is 6.66. The maximum atomic E-state index is 13.0. The molecule has 1 aromatic carbocycles. The van der Waals surface area contributed by atoms with E-state index in [0.717, 1.165) is 40.8 Å². The van der Waals surface area contributed by atoms with E-state index in [4.69, 9.17) is 19.2 Å². The lowest BCUT2D eigenvalue weighted by Gasteiger charge is -2.36. The van der Waals surface area contributed by atoms with Crippen molar-refractivity contribution in [1.29, 1.82) is 0 Å². The molecule has 2 atom stereocenters. The van der Waals surface area contributed by atoms with Gasteiger partial charge in [-0.1, -0.05) is 17.8 Å². The normalized spacial score (nSPS) is 25.3. The minimum Gasteiger partial charge on any atom is -0.454 e. The van der Waals surface area contributed by atoms with Gasteiger partial charge in [0.05, 0.1) is 27.5 Å². The van der Waals surface area contributed by atoms with Gasteiger partial charge in [0.15, 0.2) is 17.3 Å². The Kier molecular flexibility index (Phi) is 4.10. The van der Waals surface area contributed by atoms with Crippen molar-refractivity contribution in [1.82, 2.24) is 9.78 Å². The number of ether oxygens (including phenoxy) is 3. The van der Waals surface area contributed by atoms with Crippen LogP contribution in [0.1, 0.15) is 56.0 Å². The molecule has 148 valence electrons. The van der Waals surface area contributed by atoms with Crippen molar-refractivity contribution < 1.29 is 14.2 Å². The Morgan fingerprint density at radius 1 is 1.29 bits per heavy atom. The SMILES string of the molecule is CC1=Nc2c(c(=O)[nH]n2[C@H]2CCOC(C)(C)C2)[C@H](c2ccc3c(c2)OCO3)S1. The Labute approximate surface area is 167 Å². The number of thioether (sulfide) groups is 1. The van der Waals surface area contributed by atoms with Crippen molar-refractivity contribution >= 4 is 22.6 Å². The molecule has 2 aromatic rings. The fourth-order valence-electron chi connectivity index (χ4n) is 4.20. The van der Waals surface area contributed by atoms with Crippen molar-refractivity contribution in [2.24, 2.45) is 4.99 Å². The lowest BCUT2D eigenvalue weighted by molar-refractivity contribution is -0.0705. The second-order valence-electron chi connectivity index (χ2n) is 8.04. The van der Waals surface area contributed by atoms with Gasteiger partial charge in [-0.25, -0.2) is 4.99 Å². The van der Waals surface area contributed by atoms with E-state index in [1.54, 1.807) is 11.8 Å². The van der Waals surface area contributed by atoms with Gasteiger partial charge < -0.3 is 14.2 Å². The summed E-state index contributed by atoms with van der Waals surface area (Å²) in [5, 5.41) is 3.88. The first-order valence-electron chi connectivity index (χ1n) is 9.51. The molecule has 0 spiro atoms. The average molecular weight is 401 g/mol. The van der Waals surface area contributed by atoms with Crippen LogP contribution < -0.4 is 15.0 Å². The summed E-state index contributed by atoms with van der Waals surface area (Å²) in [5.74, 6) is 2.21. The third-order valence-electron chi connectivity index (χ3n) is 5.49. The molecule has 0 bridgehead atoms. The molecule has 8 heteroatoms. The maximum absolute atomic E-state index is 13.0. The van der Waals surface area contributed by atoms with Crippen LogP contribution in [0.5, 0.6) is 11.5 Å². The minimum atomic E-state index is -0.212. The Morgan fingerprint density at radius 3 is 2.93 bits per heavy atom. The topological polar surface area (TPSA) is 77.8 Å². The number of benzene rings is 1. The quantitative estimate of drug-likeness (QED) is 0.825. The van der Waals surface area contributed by atoms with E-state index in [1.165, 1.54) is 0 Å². The highest BCUT2D eigenvalue weighted by Gasteiger charge is 2.36. The predicted octanol–water partition coefficient (Wildman–Crippen LogP) is 3.92. The number of hydrogen-bond acceptors (Lipinski definition) is 6.